The Morgan fingerprint density at radius 2 is 2.09 bits per heavy atom. The molecule has 0 radical (unpaired) electrons. The molecule has 0 aromatic heterocycles. The Bertz CT molecular complexity index is 112. The topological polar surface area (TPSA) is 12.0 Å². The Labute approximate surface area is 68.4 Å². The second-order valence-electron chi connectivity index (χ2n) is 3.70. The van der Waals surface area contributed by atoms with Gasteiger partial charge in [0, 0.05) is 12.1 Å². The summed E-state index contributed by atoms with van der Waals surface area (Å²) in [5, 5.41) is 3.26. The van der Waals surface area contributed by atoms with Crippen molar-refractivity contribution < 1.29 is 4.39 Å². The van der Waals surface area contributed by atoms with Crippen LogP contribution in [0.4, 0.5) is 4.39 Å². The van der Waals surface area contributed by atoms with Gasteiger partial charge in [0.2, 0.25) is 0 Å². The molecule has 0 spiro atoms. The van der Waals surface area contributed by atoms with E-state index in [1.165, 1.54) is 19.3 Å². The van der Waals surface area contributed by atoms with Crippen LogP contribution >= 0.6 is 0 Å². The molecule has 66 valence electrons. The second kappa shape index (κ2) is 4.05. The van der Waals surface area contributed by atoms with Crippen molar-refractivity contribution in [1.82, 2.24) is 5.32 Å². The van der Waals surface area contributed by atoms with E-state index in [-0.39, 0.29) is 12.7 Å². The summed E-state index contributed by atoms with van der Waals surface area (Å²) in [6.45, 7) is 3.81. The van der Waals surface area contributed by atoms with Crippen LogP contribution in [0.3, 0.4) is 0 Å². The molecule has 0 amide bonds. The summed E-state index contributed by atoms with van der Waals surface area (Å²) in [4.78, 5) is 0. The summed E-state index contributed by atoms with van der Waals surface area (Å²) < 4.78 is 12.1. The molecule has 1 nitrogen and oxygen atoms in total. The highest BCUT2D eigenvalue weighted by Gasteiger charge is 2.24. The Morgan fingerprint density at radius 3 is 2.45 bits per heavy atom. The van der Waals surface area contributed by atoms with Gasteiger partial charge in [-0.15, -0.1) is 0 Å². The van der Waals surface area contributed by atoms with Gasteiger partial charge in [0.1, 0.15) is 6.67 Å². The average molecular weight is 159 g/mol. The Morgan fingerprint density at radius 1 is 1.45 bits per heavy atom. The van der Waals surface area contributed by atoms with Gasteiger partial charge in [0.05, 0.1) is 0 Å². The lowest BCUT2D eigenvalue weighted by Crippen LogP contribution is -2.42. The summed E-state index contributed by atoms with van der Waals surface area (Å²) >= 11 is 0. The van der Waals surface area contributed by atoms with E-state index in [1.54, 1.807) is 0 Å². The zero-order valence-corrected chi connectivity index (χ0v) is 7.44. The summed E-state index contributed by atoms with van der Waals surface area (Å²) in [6.07, 6.45) is 4.01. The highest BCUT2D eigenvalue weighted by Crippen LogP contribution is 2.29. The maximum atomic E-state index is 12.1. The zero-order valence-electron chi connectivity index (χ0n) is 7.44. The van der Waals surface area contributed by atoms with Crippen LogP contribution in [0.15, 0.2) is 0 Å². The third-order valence-corrected chi connectivity index (χ3v) is 2.64. The van der Waals surface area contributed by atoms with Crippen LogP contribution in [0, 0.1) is 5.92 Å². The van der Waals surface area contributed by atoms with Crippen LogP contribution in [-0.2, 0) is 0 Å². The molecule has 0 bridgehead atoms. The van der Waals surface area contributed by atoms with Gasteiger partial charge in [-0.25, -0.2) is 4.39 Å². The molecule has 1 saturated carbocycles. The molecule has 2 atom stereocenters. The van der Waals surface area contributed by atoms with E-state index >= 15 is 0 Å². The minimum Gasteiger partial charge on any atom is -0.309 e. The standard InChI is InChI=1S/C9H18FN/c1-7(6-10)11-8(2)9-4-3-5-9/h7-9,11H,3-6H2,1-2H3. The number of hydrogen-bond acceptors (Lipinski definition) is 1. The van der Waals surface area contributed by atoms with Gasteiger partial charge in [-0.3, -0.25) is 0 Å². The Balaban J connectivity index is 2.13. The van der Waals surface area contributed by atoms with Crippen LogP contribution in [0.1, 0.15) is 33.1 Å². The Hall–Kier alpha value is -0.110. The summed E-state index contributed by atoms with van der Waals surface area (Å²) in [5.74, 6) is 0.809. The molecule has 1 aliphatic carbocycles. The smallest absolute Gasteiger partial charge is 0.104 e. The van der Waals surface area contributed by atoms with E-state index in [0.29, 0.717) is 6.04 Å². The molecule has 1 rings (SSSR count). The lowest BCUT2D eigenvalue weighted by Gasteiger charge is -2.33. The van der Waals surface area contributed by atoms with Crippen molar-refractivity contribution in [3.8, 4) is 0 Å². The van der Waals surface area contributed by atoms with Gasteiger partial charge in [-0.05, 0) is 32.6 Å². The summed E-state index contributed by atoms with van der Waals surface area (Å²) in [5.41, 5.74) is 0. The molecule has 2 heteroatoms. The fraction of sp³-hybridized carbons (Fsp3) is 1.00. The SMILES string of the molecule is CC(CF)NC(C)C1CCC1. The molecular weight excluding hydrogens is 141 g/mol. The Kier molecular flexibility index (Phi) is 3.31. The van der Waals surface area contributed by atoms with Crippen molar-refractivity contribution in [1.29, 1.82) is 0 Å². The first-order chi connectivity index (χ1) is 5.24. The van der Waals surface area contributed by atoms with Gasteiger partial charge in [0.15, 0.2) is 0 Å². The molecule has 0 aromatic rings. The number of hydrogen-bond donors (Lipinski definition) is 1. The van der Waals surface area contributed by atoms with Gasteiger partial charge in [0.25, 0.3) is 0 Å². The lowest BCUT2D eigenvalue weighted by atomic mass is 9.80. The van der Waals surface area contributed by atoms with Crippen molar-refractivity contribution in [2.45, 2.75) is 45.2 Å². The van der Waals surface area contributed by atoms with Crippen molar-refractivity contribution in [2.75, 3.05) is 6.67 Å². The first-order valence-electron chi connectivity index (χ1n) is 4.56. The number of halogens is 1. The number of nitrogens with one attached hydrogen (secondary N) is 1. The third kappa shape index (κ3) is 2.44. The molecule has 0 aromatic carbocycles. The minimum absolute atomic E-state index is 0.0330. The van der Waals surface area contributed by atoms with E-state index in [4.69, 9.17) is 0 Å². The third-order valence-electron chi connectivity index (χ3n) is 2.64. The quantitative estimate of drug-likeness (QED) is 0.662. The molecule has 0 saturated heterocycles. The van der Waals surface area contributed by atoms with Crippen LogP contribution in [-0.4, -0.2) is 18.8 Å². The number of rotatable bonds is 4. The monoisotopic (exact) mass is 159 g/mol. The lowest BCUT2D eigenvalue weighted by molar-refractivity contribution is 0.220. The average Bonchev–Trinajstić information content (AvgIpc) is 1.83. The van der Waals surface area contributed by atoms with Crippen LogP contribution in [0.5, 0.6) is 0 Å². The molecule has 0 aliphatic heterocycles. The maximum Gasteiger partial charge on any atom is 0.104 e. The van der Waals surface area contributed by atoms with Crippen LogP contribution < -0.4 is 5.32 Å². The summed E-state index contributed by atoms with van der Waals surface area (Å²) in [6, 6.07) is 0.542. The van der Waals surface area contributed by atoms with E-state index in [9.17, 15) is 4.39 Å². The zero-order chi connectivity index (χ0) is 8.27. The fourth-order valence-corrected chi connectivity index (χ4v) is 1.57. The maximum absolute atomic E-state index is 12.1. The van der Waals surface area contributed by atoms with E-state index < -0.39 is 0 Å². The van der Waals surface area contributed by atoms with Crippen molar-refractivity contribution in [2.24, 2.45) is 5.92 Å². The molecule has 1 N–H and O–H groups in total. The number of alkyl halides is 1. The highest BCUT2D eigenvalue weighted by molar-refractivity contribution is 4.80. The predicted molar refractivity (Wildman–Crippen MR) is 45.4 cm³/mol. The largest absolute Gasteiger partial charge is 0.309 e. The van der Waals surface area contributed by atoms with Crippen LogP contribution in [0.2, 0.25) is 0 Å². The highest BCUT2D eigenvalue weighted by atomic mass is 19.1. The van der Waals surface area contributed by atoms with E-state index in [2.05, 4.69) is 12.2 Å². The van der Waals surface area contributed by atoms with Crippen molar-refractivity contribution >= 4 is 0 Å². The molecule has 0 heterocycles. The van der Waals surface area contributed by atoms with Gasteiger partial charge >= 0.3 is 0 Å². The molecule has 1 aliphatic rings. The molecule has 2 unspecified atom stereocenters. The molecule has 1 fully saturated rings. The molecular formula is C9H18FN. The van der Waals surface area contributed by atoms with Gasteiger partial charge < -0.3 is 5.32 Å². The van der Waals surface area contributed by atoms with Crippen LogP contribution in [0.25, 0.3) is 0 Å². The van der Waals surface area contributed by atoms with Gasteiger partial charge in [-0.1, -0.05) is 6.42 Å². The van der Waals surface area contributed by atoms with E-state index in [1.807, 2.05) is 6.92 Å². The second-order valence-corrected chi connectivity index (χ2v) is 3.70. The van der Waals surface area contributed by atoms with E-state index in [0.717, 1.165) is 5.92 Å². The molecule has 11 heavy (non-hydrogen) atoms. The summed E-state index contributed by atoms with van der Waals surface area (Å²) in [7, 11) is 0. The van der Waals surface area contributed by atoms with Crippen molar-refractivity contribution in [3.05, 3.63) is 0 Å². The fourth-order valence-electron chi connectivity index (χ4n) is 1.57. The minimum atomic E-state index is -0.253. The first-order valence-corrected chi connectivity index (χ1v) is 4.56. The predicted octanol–water partition coefficient (Wildman–Crippen LogP) is 2.12. The normalized spacial score (nSPS) is 24.3. The van der Waals surface area contributed by atoms with Gasteiger partial charge in [-0.2, -0.15) is 0 Å². The first kappa shape index (κ1) is 8.98. The van der Waals surface area contributed by atoms with Crippen molar-refractivity contribution in [3.63, 3.8) is 0 Å².